The Hall–Kier alpha value is -3.54. The average Bonchev–Trinajstić information content (AvgIpc) is 3.58. The SMILES string of the molecule is C[C@H]1C2=CNN(c3ccc(F)cc3)C2=CC2=C1[C@@H](CC(NC(=O)N(C)C1CCCCC1)c1ccccc1)CC2. The summed E-state index contributed by atoms with van der Waals surface area (Å²) in [5.41, 5.74) is 10.8. The van der Waals surface area contributed by atoms with E-state index in [1.807, 2.05) is 30.1 Å². The summed E-state index contributed by atoms with van der Waals surface area (Å²) in [5.74, 6) is 0.451. The molecule has 0 spiro atoms. The third kappa shape index (κ3) is 5.09. The number of carbonyl (C=O) groups excluding carboxylic acids is 1. The van der Waals surface area contributed by atoms with E-state index >= 15 is 0 Å². The Labute approximate surface area is 231 Å². The number of benzene rings is 2. The molecule has 1 unspecified atom stereocenters. The third-order valence-corrected chi connectivity index (χ3v) is 9.25. The summed E-state index contributed by atoms with van der Waals surface area (Å²) in [7, 11) is 1.96. The lowest BCUT2D eigenvalue weighted by molar-refractivity contribution is 0.168. The first-order chi connectivity index (χ1) is 19.0. The summed E-state index contributed by atoms with van der Waals surface area (Å²) in [4.78, 5) is 15.4. The topological polar surface area (TPSA) is 47.6 Å². The van der Waals surface area contributed by atoms with Gasteiger partial charge in [-0.1, -0.05) is 62.1 Å². The molecule has 1 aliphatic heterocycles. The van der Waals surface area contributed by atoms with Gasteiger partial charge in [-0.15, -0.1) is 0 Å². The molecule has 3 atom stereocenters. The molecule has 2 amide bonds. The van der Waals surface area contributed by atoms with Crippen molar-refractivity contribution in [2.75, 3.05) is 12.1 Å². The van der Waals surface area contributed by atoms with Gasteiger partial charge in [0.25, 0.3) is 0 Å². The molecule has 0 radical (unpaired) electrons. The highest BCUT2D eigenvalue weighted by atomic mass is 19.1. The molecule has 0 aromatic heterocycles. The molecule has 2 N–H and O–H groups in total. The molecule has 0 saturated heterocycles. The van der Waals surface area contributed by atoms with Crippen molar-refractivity contribution in [3.63, 3.8) is 0 Å². The van der Waals surface area contributed by atoms with Crippen molar-refractivity contribution in [3.05, 3.63) is 101 Å². The molecule has 1 heterocycles. The van der Waals surface area contributed by atoms with Crippen LogP contribution >= 0.6 is 0 Å². The smallest absolute Gasteiger partial charge is 0.317 e. The quantitative estimate of drug-likeness (QED) is 0.413. The number of rotatable bonds is 6. The number of anilines is 1. The van der Waals surface area contributed by atoms with Gasteiger partial charge >= 0.3 is 6.03 Å². The van der Waals surface area contributed by atoms with Gasteiger partial charge in [-0.05, 0) is 79.5 Å². The van der Waals surface area contributed by atoms with Gasteiger partial charge in [0, 0.05) is 30.8 Å². The largest absolute Gasteiger partial charge is 0.331 e. The Morgan fingerprint density at radius 3 is 2.56 bits per heavy atom. The first kappa shape index (κ1) is 25.7. The molecule has 0 bridgehead atoms. The van der Waals surface area contributed by atoms with Gasteiger partial charge in [0.05, 0.1) is 17.4 Å². The predicted octanol–water partition coefficient (Wildman–Crippen LogP) is 7.38. The van der Waals surface area contributed by atoms with E-state index in [0.29, 0.717) is 12.0 Å². The zero-order chi connectivity index (χ0) is 26.9. The van der Waals surface area contributed by atoms with Crippen molar-refractivity contribution in [2.24, 2.45) is 11.8 Å². The normalized spacial score (nSPS) is 23.4. The summed E-state index contributed by atoms with van der Waals surface area (Å²) in [6.45, 7) is 2.30. The number of carbonyl (C=O) groups is 1. The number of amides is 2. The van der Waals surface area contributed by atoms with Crippen LogP contribution in [0.1, 0.15) is 69.9 Å². The number of nitrogens with zero attached hydrogens (tertiary/aromatic N) is 2. The van der Waals surface area contributed by atoms with Gasteiger partial charge in [-0.3, -0.25) is 5.01 Å². The number of nitrogens with one attached hydrogen (secondary N) is 2. The van der Waals surface area contributed by atoms with E-state index in [0.717, 1.165) is 43.5 Å². The van der Waals surface area contributed by atoms with Crippen LogP contribution in [0.3, 0.4) is 0 Å². The van der Waals surface area contributed by atoms with Crippen LogP contribution in [0.4, 0.5) is 14.9 Å². The van der Waals surface area contributed by atoms with Crippen LogP contribution in [-0.4, -0.2) is 24.0 Å². The van der Waals surface area contributed by atoms with E-state index in [-0.39, 0.29) is 23.8 Å². The van der Waals surface area contributed by atoms with Crippen LogP contribution in [0.15, 0.2) is 89.3 Å². The summed E-state index contributed by atoms with van der Waals surface area (Å²) in [6, 6.07) is 17.4. The van der Waals surface area contributed by atoms with Crippen LogP contribution in [0, 0.1) is 17.7 Å². The lowest BCUT2D eigenvalue weighted by Gasteiger charge is -2.34. The summed E-state index contributed by atoms with van der Waals surface area (Å²) in [6.07, 6.45) is 13.3. The maximum absolute atomic E-state index is 13.5. The van der Waals surface area contributed by atoms with Crippen LogP contribution in [0.2, 0.25) is 0 Å². The molecule has 3 aliphatic carbocycles. The molecule has 6 rings (SSSR count). The number of fused-ring (bicyclic) bond motifs is 1. The first-order valence-corrected chi connectivity index (χ1v) is 14.5. The van der Waals surface area contributed by atoms with E-state index in [2.05, 4.69) is 59.2 Å². The van der Waals surface area contributed by atoms with Crippen molar-refractivity contribution < 1.29 is 9.18 Å². The molecular formula is C33H39FN4O. The van der Waals surface area contributed by atoms with Gasteiger partial charge in [-0.25, -0.2) is 9.18 Å². The van der Waals surface area contributed by atoms with E-state index in [1.165, 1.54) is 53.7 Å². The molecule has 6 heteroatoms. The summed E-state index contributed by atoms with van der Waals surface area (Å²) < 4.78 is 13.5. The van der Waals surface area contributed by atoms with Gasteiger partial charge in [0.1, 0.15) is 5.82 Å². The molecule has 1 fully saturated rings. The number of hydrazine groups is 1. The fraction of sp³-hybridized carbons (Fsp3) is 0.424. The number of urea groups is 1. The second kappa shape index (κ2) is 10.9. The molecule has 204 valence electrons. The van der Waals surface area contributed by atoms with Crippen molar-refractivity contribution >= 4 is 11.7 Å². The van der Waals surface area contributed by atoms with Gasteiger partial charge in [-0.2, -0.15) is 0 Å². The number of halogens is 1. The lowest BCUT2D eigenvalue weighted by atomic mass is 9.78. The second-order valence-corrected chi connectivity index (χ2v) is 11.6. The Balaban J connectivity index is 1.23. The zero-order valence-electron chi connectivity index (χ0n) is 23.0. The van der Waals surface area contributed by atoms with Crippen LogP contribution in [-0.2, 0) is 0 Å². The Morgan fingerprint density at radius 2 is 1.82 bits per heavy atom. The number of hydrogen-bond acceptors (Lipinski definition) is 3. The highest BCUT2D eigenvalue weighted by Crippen LogP contribution is 2.49. The van der Waals surface area contributed by atoms with Crippen LogP contribution in [0.5, 0.6) is 0 Å². The maximum atomic E-state index is 13.5. The molecule has 2 aromatic carbocycles. The summed E-state index contributed by atoms with van der Waals surface area (Å²) in [5, 5.41) is 5.48. The Kier molecular flexibility index (Phi) is 7.20. The van der Waals surface area contributed by atoms with Crippen molar-refractivity contribution in [3.8, 4) is 0 Å². The van der Waals surface area contributed by atoms with Crippen molar-refractivity contribution in [2.45, 2.75) is 70.4 Å². The first-order valence-electron chi connectivity index (χ1n) is 14.5. The number of hydrogen-bond donors (Lipinski definition) is 2. The fourth-order valence-electron chi connectivity index (χ4n) is 7.09. The van der Waals surface area contributed by atoms with Crippen LogP contribution in [0.25, 0.3) is 0 Å². The maximum Gasteiger partial charge on any atom is 0.317 e. The van der Waals surface area contributed by atoms with E-state index in [4.69, 9.17) is 0 Å². The van der Waals surface area contributed by atoms with Crippen molar-refractivity contribution in [1.82, 2.24) is 15.6 Å². The molecular weight excluding hydrogens is 487 g/mol. The van der Waals surface area contributed by atoms with E-state index in [9.17, 15) is 9.18 Å². The minimum absolute atomic E-state index is 0.0365. The molecule has 1 saturated carbocycles. The Bertz CT molecular complexity index is 1290. The lowest BCUT2D eigenvalue weighted by Crippen LogP contribution is -2.45. The minimum atomic E-state index is -0.231. The van der Waals surface area contributed by atoms with Crippen LogP contribution < -0.4 is 15.8 Å². The zero-order valence-corrected chi connectivity index (χ0v) is 23.0. The standard InChI is InChI=1S/C33H39FN4O/c1-22-29-21-35-38(28-17-15-26(34)16-18-28)31(29)20-25-14-13-24(32(22)25)19-30(23-9-5-3-6-10-23)36-33(39)37(2)27-11-7-4-8-12-27/h3,5-6,9-10,15-18,20-22,24,27,30,35H,4,7-8,11-14,19H2,1-2H3,(H,36,39)/t22-,24+,30?/m0/s1. The molecule has 2 aromatic rings. The number of allylic oxidation sites excluding steroid dienone is 4. The predicted molar refractivity (Wildman–Crippen MR) is 154 cm³/mol. The molecule has 4 aliphatic rings. The Morgan fingerprint density at radius 1 is 1.08 bits per heavy atom. The highest BCUT2D eigenvalue weighted by molar-refractivity contribution is 5.75. The van der Waals surface area contributed by atoms with Gasteiger partial charge in [0.2, 0.25) is 0 Å². The fourth-order valence-corrected chi connectivity index (χ4v) is 7.09. The highest BCUT2D eigenvalue weighted by Gasteiger charge is 2.39. The van der Waals surface area contributed by atoms with Gasteiger partial charge < -0.3 is 15.6 Å². The van der Waals surface area contributed by atoms with Crippen molar-refractivity contribution in [1.29, 1.82) is 0 Å². The van der Waals surface area contributed by atoms with Gasteiger partial charge in [0.15, 0.2) is 0 Å². The minimum Gasteiger partial charge on any atom is -0.331 e. The average molecular weight is 527 g/mol. The molecule has 5 nitrogen and oxygen atoms in total. The van der Waals surface area contributed by atoms with E-state index in [1.54, 1.807) is 0 Å². The monoisotopic (exact) mass is 526 g/mol. The van der Waals surface area contributed by atoms with E-state index < -0.39 is 0 Å². The molecule has 39 heavy (non-hydrogen) atoms. The second-order valence-electron chi connectivity index (χ2n) is 11.6. The summed E-state index contributed by atoms with van der Waals surface area (Å²) >= 11 is 0. The third-order valence-electron chi connectivity index (χ3n) is 9.25.